The zero-order chi connectivity index (χ0) is 14.2. The summed E-state index contributed by atoms with van der Waals surface area (Å²) in [5, 5.41) is 3.09. The summed E-state index contributed by atoms with van der Waals surface area (Å²) in [6.07, 6.45) is 3.61. The van der Waals surface area contributed by atoms with Crippen molar-refractivity contribution in [1.82, 2.24) is 4.98 Å². The molecule has 0 saturated carbocycles. The van der Waals surface area contributed by atoms with Gasteiger partial charge < -0.3 is 11.1 Å². The van der Waals surface area contributed by atoms with Crippen LogP contribution in [0.3, 0.4) is 0 Å². The third-order valence-electron chi connectivity index (χ3n) is 3.01. The van der Waals surface area contributed by atoms with Gasteiger partial charge in [-0.2, -0.15) is 0 Å². The van der Waals surface area contributed by atoms with E-state index in [-0.39, 0.29) is 24.0 Å². The highest BCUT2D eigenvalue weighted by Crippen LogP contribution is 2.09. The minimum Gasteiger partial charge on any atom is -0.370 e. The second kappa shape index (κ2) is 9.33. The van der Waals surface area contributed by atoms with Crippen LogP contribution in [0.25, 0.3) is 0 Å². The third kappa shape index (κ3) is 6.12. The molecule has 0 radical (unpaired) electrons. The molecule has 4 nitrogen and oxygen atoms in total. The molecular weight excluding hydrogens is 375 g/mol. The van der Waals surface area contributed by atoms with Crippen LogP contribution in [0.4, 0.5) is 5.69 Å². The van der Waals surface area contributed by atoms with Gasteiger partial charge in [-0.25, -0.2) is 0 Å². The summed E-state index contributed by atoms with van der Waals surface area (Å²) in [7, 11) is 0. The second-order valence-corrected chi connectivity index (χ2v) is 4.51. The number of nitrogens with two attached hydrogens (primary N) is 1. The van der Waals surface area contributed by atoms with Gasteiger partial charge in [-0.1, -0.05) is 25.1 Å². The topological polar surface area (TPSA) is 63.3 Å². The van der Waals surface area contributed by atoms with Crippen molar-refractivity contribution in [3.8, 4) is 0 Å². The van der Waals surface area contributed by atoms with E-state index < -0.39 is 0 Å². The predicted molar refractivity (Wildman–Crippen MR) is 99.3 cm³/mol. The molecule has 0 spiro atoms. The van der Waals surface area contributed by atoms with Crippen molar-refractivity contribution in [2.24, 2.45) is 10.7 Å². The molecule has 0 aliphatic heterocycles. The number of pyridine rings is 1. The van der Waals surface area contributed by atoms with Crippen LogP contribution in [0.2, 0.25) is 0 Å². The van der Waals surface area contributed by atoms with E-state index in [2.05, 4.69) is 34.3 Å². The molecule has 1 aromatic carbocycles. The van der Waals surface area contributed by atoms with E-state index >= 15 is 0 Å². The van der Waals surface area contributed by atoms with E-state index in [1.165, 1.54) is 5.56 Å². The van der Waals surface area contributed by atoms with Gasteiger partial charge in [-0.15, -0.1) is 24.0 Å². The molecule has 0 unspecified atom stereocenters. The number of nitrogens with one attached hydrogen (secondary N) is 1. The van der Waals surface area contributed by atoms with Crippen molar-refractivity contribution in [2.45, 2.75) is 19.8 Å². The van der Waals surface area contributed by atoms with Crippen LogP contribution in [0.5, 0.6) is 0 Å². The largest absolute Gasteiger partial charge is 0.370 e. The molecule has 21 heavy (non-hydrogen) atoms. The fourth-order valence-corrected chi connectivity index (χ4v) is 1.85. The van der Waals surface area contributed by atoms with E-state index in [9.17, 15) is 0 Å². The van der Waals surface area contributed by atoms with Gasteiger partial charge in [-0.05, 0) is 36.2 Å². The van der Waals surface area contributed by atoms with Crippen molar-refractivity contribution in [3.63, 3.8) is 0 Å². The number of aliphatic imine (C=N–C) groups is 1. The second-order valence-electron chi connectivity index (χ2n) is 4.51. The highest BCUT2D eigenvalue weighted by molar-refractivity contribution is 14.0. The van der Waals surface area contributed by atoms with Crippen LogP contribution in [-0.4, -0.2) is 17.5 Å². The molecule has 3 N–H and O–H groups in total. The molecular formula is C16H21IN4. The van der Waals surface area contributed by atoms with E-state index in [0.29, 0.717) is 12.5 Å². The quantitative estimate of drug-likeness (QED) is 0.464. The Morgan fingerprint density at radius 3 is 2.57 bits per heavy atom. The number of rotatable bonds is 5. The lowest BCUT2D eigenvalue weighted by Gasteiger charge is -2.06. The fourth-order valence-electron chi connectivity index (χ4n) is 1.85. The summed E-state index contributed by atoms with van der Waals surface area (Å²) in [5.74, 6) is 0.435. The minimum atomic E-state index is 0. The van der Waals surface area contributed by atoms with E-state index in [0.717, 1.165) is 24.2 Å². The van der Waals surface area contributed by atoms with Gasteiger partial charge in [0.1, 0.15) is 0 Å². The Morgan fingerprint density at radius 2 is 1.95 bits per heavy atom. The van der Waals surface area contributed by atoms with Gasteiger partial charge in [0.05, 0.1) is 0 Å². The maximum absolute atomic E-state index is 5.86. The van der Waals surface area contributed by atoms with Crippen molar-refractivity contribution < 1.29 is 0 Å². The number of aryl methyl sites for hydroxylation is 1. The average Bonchev–Trinajstić information content (AvgIpc) is 2.49. The Balaban J connectivity index is 0.00000220. The Morgan fingerprint density at radius 1 is 1.19 bits per heavy atom. The first-order valence-corrected chi connectivity index (χ1v) is 6.83. The third-order valence-corrected chi connectivity index (χ3v) is 3.01. The van der Waals surface area contributed by atoms with Crippen LogP contribution in [-0.2, 0) is 12.8 Å². The standard InChI is InChI=1S/C16H20N4.HI/c1-2-13-6-8-15(9-7-13)20-16(17)19-12-10-14-5-3-4-11-18-14;/h3-9,11H,2,10,12H2,1H3,(H3,17,19,20);1H. The SMILES string of the molecule is CCc1ccc(NC(N)=NCCc2ccccn2)cc1.I. The number of hydrogen-bond acceptors (Lipinski definition) is 2. The molecule has 5 heteroatoms. The number of benzene rings is 1. The number of hydrogen-bond donors (Lipinski definition) is 2. The first-order chi connectivity index (χ1) is 9.78. The monoisotopic (exact) mass is 396 g/mol. The van der Waals surface area contributed by atoms with Crippen molar-refractivity contribution in [3.05, 3.63) is 59.9 Å². The molecule has 1 aromatic heterocycles. The van der Waals surface area contributed by atoms with Gasteiger partial charge in [0.25, 0.3) is 0 Å². The zero-order valence-corrected chi connectivity index (χ0v) is 14.5. The summed E-state index contributed by atoms with van der Waals surface area (Å²) < 4.78 is 0. The van der Waals surface area contributed by atoms with Crippen LogP contribution in [0.15, 0.2) is 53.7 Å². The molecule has 2 rings (SSSR count). The summed E-state index contributed by atoms with van der Waals surface area (Å²) in [5.41, 5.74) is 9.15. The van der Waals surface area contributed by atoms with Gasteiger partial charge in [0.2, 0.25) is 0 Å². The Bertz CT molecular complexity index is 552. The van der Waals surface area contributed by atoms with Gasteiger partial charge in [0, 0.05) is 30.5 Å². The van der Waals surface area contributed by atoms with Crippen molar-refractivity contribution in [1.29, 1.82) is 0 Å². The molecule has 112 valence electrons. The zero-order valence-electron chi connectivity index (χ0n) is 12.1. The minimum absolute atomic E-state index is 0. The highest BCUT2D eigenvalue weighted by atomic mass is 127. The lowest BCUT2D eigenvalue weighted by Crippen LogP contribution is -2.23. The molecule has 0 saturated heterocycles. The molecule has 0 atom stereocenters. The van der Waals surface area contributed by atoms with E-state index in [1.807, 2.05) is 30.3 Å². The van der Waals surface area contributed by atoms with Gasteiger partial charge in [0.15, 0.2) is 5.96 Å². The number of aromatic nitrogens is 1. The summed E-state index contributed by atoms with van der Waals surface area (Å²) >= 11 is 0. The fraction of sp³-hybridized carbons (Fsp3) is 0.250. The van der Waals surface area contributed by atoms with Crippen molar-refractivity contribution in [2.75, 3.05) is 11.9 Å². The van der Waals surface area contributed by atoms with Gasteiger partial charge >= 0.3 is 0 Å². The normalized spacial score (nSPS) is 10.8. The molecule has 0 amide bonds. The number of anilines is 1. The maximum Gasteiger partial charge on any atom is 0.193 e. The maximum atomic E-state index is 5.86. The first kappa shape index (κ1) is 17.4. The van der Waals surface area contributed by atoms with Gasteiger partial charge in [-0.3, -0.25) is 9.98 Å². The number of halogens is 1. The van der Waals surface area contributed by atoms with Crippen LogP contribution >= 0.6 is 24.0 Å². The molecule has 0 aliphatic carbocycles. The summed E-state index contributed by atoms with van der Waals surface area (Å²) in [4.78, 5) is 8.55. The molecule has 0 bridgehead atoms. The smallest absolute Gasteiger partial charge is 0.193 e. The summed E-state index contributed by atoms with van der Waals surface area (Å²) in [6.45, 7) is 2.76. The Hall–Kier alpha value is -1.63. The lowest BCUT2D eigenvalue weighted by atomic mass is 10.1. The average molecular weight is 396 g/mol. The van der Waals surface area contributed by atoms with Crippen molar-refractivity contribution >= 4 is 35.6 Å². The first-order valence-electron chi connectivity index (χ1n) is 6.83. The lowest BCUT2D eigenvalue weighted by molar-refractivity contribution is 0.921. The van der Waals surface area contributed by atoms with Crippen LogP contribution in [0.1, 0.15) is 18.2 Å². The molecule has 1 heterocycles. The van der Waals surface area contributed by atoms with E-state index in [1.54, 1.807) is 6.20 Å². The van der Waals surface area contributed by atoms with Crippen LogP contribution < -0.4 is 11.1 Å². The molecule has 0 aliphatic rings. The molecule has 0 fully saturated rings. The Kier molecular flexibility index (Phi) is 7.74. The highest BCUT2D eigenvalue weighted by Gasteiger charge is 1.96. The van der Waals surface area contributed by atoms with E-state index in [4.69, 9.17) is 5.73 Å². The summed E-state index contributed by atoms with van der Waals surface area (Å²) in [6, 6.07) is 14.1. The molecule has 2 aromatic rings. The Labute approximate surface area is 142 Å². The number of guanidine groups is 1. The number of nitrogens with zero attached hydrogens (tertiary/aromatic N) is 2. The predicted octanol–water partition coefficient (Wildman–Crippen LogP) is 3.23. The van der Waals surface area contributed by atoms with Crippen LogP contribution in [0, 0.1) is 0 Å².